The summed E-state index contributed by atoms with van der Waals surface area (Å²) in [5.41, 5.74) is 0. The van der Waals surface area contributed by atoms with Gasteiger partial charge >= 0.3 is 5.97 Å². The molecular weight excluding hydrogens is 312 g/mol. The largest absolute Gasteiger partial charge is 0.477 e. The van der Waals surface area contributed by atoms with Crippen LogP contribution in [-0.4, -0.2) is 74.9 Å². The SMILES string of the molecule is CC(=O)N[C@H](CO)C(O[C@](C)(O)C(=O)O)[C@H](NC(C)=O)[C@H](C)O. The lowest BCUT2D eigenvalue weighted by Gasteiger charge is -2.37. The van der Waals surface area contributed by atoms with E-state index in [4.69, 9.17) is 9.84 Å². The van der Waals surface area contributed by atoms with E-state index in [1.54, 1.807) is 0 Å². The van der Waals surface area contributed by atoms with Crippen molar-refractivity contribution in [1.82, 2.24) is 10.6 Å². The predicted octanol–water partition coefficient (Wildman–Crippen LogP) is -2.45. The second-order valence-corrected chi connectivity index (χ2v) is 5.33. The average molecular weight is 336 g/mol. The topological polar surface area (TPSA) is 165 Å². The van der Waals surface area contributed by atoms with Crippen molar-refractivity contribution in [3.05, 3.63) is 0 Å². The van der Waals surface area contributed by atoms with Crippen LogP contribution in [0.5, 0.6) is 0 Å². The third-order valence-electron chi connectivity index (χ3n) is 2.99. The minimum Gasteiger partial charge on any atom is -0.477 e. The third kappa shape index (κ3) is 6.91. The Bertz CT molecular complexity index is 438. The molecule has 0 saturated carbocycles. The van der Waals surface area contributed by atoms with E-state index in [0.717, 1.165) is 20.8 Å². The van der Waals surface area contributed by atoms with Gasteiger partial charge in [0, 0.05) is 20.8 Å². The number of amides is 2. The first-order valence-electron chi connectivity index (χ1n) is 6.89. The van der Waals surface area contributed by atoms with Gasteiger partial charge < -0.3 is 35.8 Å². The third-order valence-corrected chi connectivity index (χ3v) is 2.99. The number of carboxylic acids is 1. The molecule has 0 heterocycles. The van der Waals surface area contributed by atoms with Crippen LogP contribution >= 0.6 is 0 Å². The Morgan fingerprint density at radius 3 is 1.96 bits per heavy atom. The zero-order valence-electron chi connectivity index (χ0n) is 13.4. The highest BCUT2D eigenvalue weighted by molar-refractivity contribution is 5.75. The molecule has 0 aromatic rings. The molecule has 1 unspecified atom stereocenters. The lowest BCUT2D eigenvalue weighted by molar-refractivity contribution is -0.242. The first kappa shape index (κ1) is 21.2. The summed E-state index contributed by atoms with van der Waals surface area (Å²) in [5, 5.41) is 42.7. The number of aliphatic hydroxyl groups excluding tert-OH is 2. The van der Waals surface area contributed by atoms with Crippen molar-refractivity contribution in [3.8, 4) is 0 Å². The van der Waals surface area contributed by atoms with Gasteiger partial charge in [0.05, 0.1) is 24.8 Å². The van der Waals surface area contributed by atoms with Crippen LogP contribution in [-0.2, 0) is 19.1 Å². The maximum atomic E-state index is 11.3. The van der Waals surface area contributed by atoms with Gasteiger partial charge in [-0.25, -0.2) is 4.79 Å². The van der Waals surface area contributed by atoms with E-state index in [1.807, 2.05) is 0 Å². The van der Waals surface area contributed by atoms with Crippen molar-refractivity contribution in [2.24, 2.45) is 0 Å². The predicted molar refractivity (Wildman–Crippen MR) is 77.1 cm³/mol. The number of carbonyl (C=O) groups excluding carboxylic acids is 2. The number of ether oxygens (including phenoxy) is 1. The number of rotatable bonds is 9. The number of hydrogen-bond acceptors (Lipinski definition) is 7. The summed E-state index contributed by atoms with van der Waals surface area (Å²) in [6, 6.07) is -2.37. The van der Waals surface area contributed by atoms with Gasteiger partial charge in [0.1, 0.15) is 6.10 Å². The fourth-order valence-electron chi connectivity index (χ4n) is 1.93. The van der Waals surface area contributed by atoms with Crippen LogP contribution in [0, 0.1) is 0 Å². The molecule has 0 spiro atoms. The van der Waals surface area contributed by atoms with Crippen LogP contribution < -0.4 is 10.6 Å². The van der Waals surface area contributed by atoms with Crippen molar-refractivity contribution in [1.29, 1.82) is 0 Å². The van der Waals surface area contributed by atoms with Gasteiger partial charge in [-0.2, -0.15) is 0 Å². The molecule has 10 nitrogen and oxygen atoms in total. The zero-order valence-corrected chi connectivity index (χ0v) is 13.4. The second-order valence-electron chi connectivity index (χ2n) is 5.33. The smallest absolute Gasteiger partial charge is 0.363 e. The van der Waals surface area contributed by atoms with Crippen molar-refractivity contribution in [2.45, 2.75) is 57.8 Å². The van der Waals surface area contributed by atoms with Crippen molar-refractivity contribution in [2.75, 3.05) is 6.61 Å². The molecule has 6 N–H and O–H groups in total. The maximum absolute atomic E-state index is 11.3. The molecule has 0 aromatic heterocycles. The van der Waals surface area contributed by atoms with Crippen LogP contribution in [0.3, 0.4) is 0 Å². The van der Waals surface area contributed by atoms with Crippen molar-refractivity contribution >= 4 is 17.8 Å². The van der Waals surface area contributed by atoms with Gasteiger partial charge in [-0.1, -0.05) is 0 Å². The highest BCUT2D eigenvalue weighted by Crippen LogP contribution is 2.18. The Labute approximate surface area is 133 Å². The summed E-state index contributed by atoms with van der Waals surface area (Å²) in [6.45, 7) is 3.79. The number of carbonyl (C=O) groups is 3. The summed E-state index contributed by atoms with van der Waals surface area (Å²) >= 11 is 0. The summed E-state index contributed by atoms with van der Waals surface area (Å²) < 4.78 is 5.08. The first-order valence-corrected chi connectivity index (χ1v) is 6.89. The van der Waals surface area contributed by atoms with E-state index >= 15 is 0 Å². The first-order chi connectivity index (χ1) is 10.4. The second kappa shape index (κ2) is 8.77. The Kier molecular flexibility index (Phi) is 8.10. The molecule has 0 rings (SSSR count). The molecule has 134 valence electrons. The van der Waals surface area contributed by atoms with Crippen LogP contribution in [0.2, 0.25) is 0 Å². The van der Waals surface area contributed by atoms with Crippen molar-refractivity contribution in [3.63, 3.8) is 0 Å². The van der Waals surface area contributed by atoms with E-state index in [2.05, 4.69) is 10.6 Å². The highest BCUT2D eigenvalue weighted by Gasteiger charge is 2.42. The summed E-state index contributed by atoms with van der Waals surface area (Å²) in [4.78, 5) is 33.5. The number of nitrogens with one attached hydrogen (secondary N) is 2. The number of hydrogen-bond donors (Lipinski definition) is 6. The molecule has 0 aliphatic heterocycles. The molecule has 0 aliphatic rings. The lowest BCUT2D eigenvalue weighted by atomic mass is 9.98. The van der Waals surface area contributed by atoms with E-state index in [1.165, 1.54) is 6.92 Å². The fourth-order valence-corrected chi connectivity index (χ4v) is 1.93. The van der Waals surface area contributed by atoms with Gasteiger partial charge in [-0.3, -0.25) is 9.59 Å². The molecular formula is C13H24N2O8. The van der Waals surface area contributed by atoms with Crippen LogP contribution in [0.4, 0.5) is 0 Å². The van der Waals surface area contributed by atoms with Crippen LogP contribution in [0.1, 0.15) is 27.7 Å². The Hall–Kier alpha value is -1.75. The zero-order chi connectivity index (χ0) is 18.4. The highest BCUT2D eigenvalue weighted by atomic mass is 16.7. The maximum Gasteiger partial charge on any atom is 0.363 e. The number of carboxylic acid groups (broad SMARTS) is 1. The monoisotopic (exact) mass is 336 g/mol. The van der Waals surface area contributed by atoms with Gasteiger partial charge in [-0.15, -0.1) is 0 Å². The standard InChI is InChI=1S/C13H24N2O8/c1-6(17)10(15-8(3)19)11(9(5-16)14-7(2)18)23-13(4,22)12(20)21/h6,9-11,16-17,22H,5H2,1-4H3,(H,14,18)(H,15,19)(H,20,21)/t6-,9+,10+,11?,13-/m0/s1. The van der Waals surface area contributed by atoms with E-state index in [9.17, 15) is 29.7 Å². The molecule has 0 radical (unpaired) electrons. The summed E-state index contributed by atoms with van der Waals surface area (Å²) in [7, 11) is 0. The molecule has 0 bridgehead atoms. The van der Waals surface area contributed by atoms with E-state index in [-0.39, 0.29) is 0 Å². The Morgan fingerprint density at radius 2 is 1.65 bits per heavy atom. The average Bonchev–Trinajstić information content (AvgIpc) is 2.39. The Morgan fingerprint density at radius 1 is 1.17 bits per heavy atom. The van der Waals surface area contributed by atoms with Crippen LogP contribution in [0.15, 0.2) is 0 Å². The lowest BCUT2D eigenvalue weighted by Crippen LogP contribution is -2.62. The minimum atomic E-state index is -2.66. The molecule has 0 aromatic carbocycles. The normalized spacial score (nSPS) is 18.9. The summed E-state index contributed by atoms with van der Waals surface area (Å²) in [6.07, 6.45) is -2.64. The molecule has 0 fully saturated rings. The number of aliphatic hydroxyl groups is 3. The molecule has 23 heavy (non-hydrogen) atoms. The Balaban J connectivity index is 5.68. The molecule has 2 amide bonds. The molecule has 0 saturated heterocycles. The van der Waals surface area contributed by atoms with Gasteiger partial charge in [0.25, 0.3) is 5.79 Å². The van der Waals surface area contributed by atoms with Crippen LogP contribution in [0.25, 0.3) is 0 Å². The minimum absolute atomic E-state index is 0.556. The molecule has 10 heteroatoms. The molecule has 5 atom stereocenters. The number of aliphatic carboxylic acids is 1. The quantitative estimate of drug-likeness (QED) is 0.252. The van der Waals surface area contributed by atoms with Gasteiger partial charge in [-0.05, 0) is 6.92 Å². The van der Waals surface area contributed by atoms with E-state index < -0.39 is 54.5 Å². The van der Waals surface area contributed by atoms with E-state index in [0.29, 0.717) is 0 Å². The van der Waals surface area contributed by atoms with Gasteiger partial charge in [0.2, 0.25) is 11.8 Å². The van der Waals surface area contributed by atoms with Crippen molar-refractivity contribution < 1.29 is 39.5 Å². The fraction of sp³-hybridized carbons (Fsp3) is 0.769. The van der Waals surface area contributed by atoms with Gasteiger partial charge in [0.15, 0.2) is 0 Å². The molecule has 0 aliphatic carbocycles. The summed E-state index contributed by atoms with van der Waals surface area (Å²) in [5.74, 6) is -5.49.